The Morgan fingerprint density at radius 1 is 0.842 bits per heavy atom. The molecule has 0 aliphatic carbocycles. The number of benzene rings is 2. The maximum atomic E-state index is 11.2. The van der Waals surface area contributed by atoms with Gasteiger partial charge in [0, 0.05) is 10.6 Å². The molecule has 1 heterocycles. The molecule has 3 aromatic rings. The largest absolute Gasteiger partial charge is 0.323 e. The molecule has 0 aliphatic rings. The van der Waals surface area contributed by atoms with E-state index < -0.39 is 0 Å². The first kappa shape index (κ1) is 12.6. The topological polar surface area (TPSA) is 48.6 Å². The van der Waals surface area contributed by atoms with Crippen LogP contribution in [-0.4, -0.2) is 9.97 Å². The normalized spacial score (nSPS) is 11.1. The summed E-state index contributed by atoms with van der Waals surface area (Å²) in [5, 5.41) is 1.42. The van der Waals surface area contributed by atoms with Gasteiger partial charge in [-0.05, 0) is 29.8 Å². The van der Waals surface area contributed by atoms with E-state index >= 15 is 0 Å². The molecule has 6 heteroatoms. The van der Waals surface area contributed by atoms with Crippen molar-refractivity contribution in [1.29, 1.82) is 0 Å². The van der Waals surface area contributed by atoms with E-state index in [0.717, 1.165) is 11.1 Å². The Bertz CT molecular complexity index is 812. The first-order valence-corrected chi connectivity index (χ1v) is 6.55. The fourth-order valence-corrected chi connectivity index (χ4v) is 3.04. The number of imidazole rings is 1. The second kappa shape index (κ2) is 4.60. The Kier molecular flexibility index (Phi) is 3.05. The average molecular weight is 314 g/mol. The number of nitrogens with one attached hydrogen (secondary N) is 2. The zero-order valence-corrected chi connectivity index (χ0v) is 11.7. The molecule has 0 bridgehead atoms. The molecule has 0 fully saturated rings. The highest BCUT2D eigenvalue weighted by Gasteiger charge is 2.11. The Hall–Kier alpha value is -1.42. The van der Waals surface area contributed by atoms with Gasteiger partial charge in [-0.1, -0.05) is 40.9 Å². The van der Waals surface area contributed by atoms with Crippen molar-refractivity contribution in [1.82, 2.24) is 9.97 Å². The fraction of sp³-hybridized carbons (Fsp3) is 0. The van der Waals surface area contributed by atoms with Crippen LogP contribution in [0.2, 0.25) is 15.1 Å². The molecule has 2 aromatic carbocycles. The zero-order chi connectivity index (χ0) is 13.6. The minimum atomic E-state index is -0.250. The van der Waals surface area contributed by atoms with Crippen molar-refractivity contribution in [2.24, 2.45) is 0 Å². The van der Waals surface area contributed by atoms with Gasteiger partial charge in [-0.2, -0.15) is 0 Å². The molecule has 19 heavy (non-hydrogen) atoms. The van der Waals surface area contributed by atoms with Crippen LogP contribution >= 0.6 is 34.8 Å². The van der Waals surface area contributed by atoms with Crippen LogP contribution in [0.1, 0.15) is 0 Å². The van der Waals surface area contributed by atoms with Gasteiger partial charge < -0.3 is 9.97 Å². The molecule has 0 aliphatic heterocycles. The summed E-state index contributed by atoms with van der Waals surface area (Å²) in [4.78, 5) is 16.6. The van der Waals surface area contributed by atoms with Crippen LogP contribution in [0.3, 0.4) is 0 Å². The van der Waals surface area contributed by atoms with Gasteiger partial charge in [0.15, 0.2) is 0 Å². The lowest BCUT2D eigenvalue weighted by atomic mass is 10.0. The summed E-state index contributed by atoms with van der Waals surface area (Å²) in [5.74, 6) is 0. The molecule has 0 atom stereocenters. The third-order valence-electron chi connectivity index (χ3n) is 2.81. The summed E-state index contributed by atoms with van der Waals surface area (Å²) < 4.78 is 0. The molecule has 3 rings (SSSR count). The van der Waals surface area contributed by atoms with E-state index in [1.807, 2.05) is 12.1 Å². The second-order valence-corrected chi connectivity index (χ2v) is 5.33. The second-order valence-electron chi connectivity index (χ2n) is 4.08. The standard InChI is InChI=1S/C13H7Cl3N2O/c14-7-4-8(15)12(9(16)5-7)6-1-2-10-11(3-6)18-13(19)17-10/h1-5H,(H2,17,18,19). The molecule has 0 amide bonds. The van der Waals surface area contributed by atoms with Crippen molar-refractivity contribution in [3.63, 3.8) is 0 Å². The number of hydrogen-bond acceptors (Lipinski definition) is 1. The van der Waals surface area contributed by atoms with Crippen LogP contribution in [0.5, 0.6) is 0 Å². The van der Waals surface area contributed by atoms with Crippen molar-refractivity contribution in [2.45, 2.75) is 0 Å². The van der Waals surface area contributed by atoms with Gasteiger partial charge in [0.1, 0.15) is 0 Å². The van der Waals surface area contributed by atoms with Crippen molar-refractivity contribution in [3.8, 4) is 11.1 Å². The summed E-state index contributed by atoms with van der Waals surface area (Å²) in [6.07, 6.45) is 0. The molecular weight excluding hydrogens is 307 g/mol. The van der Waals surface area contributed by atoms with Gasteiger partial charge in [0.25, 0.3) is 0 Å². The van der Waals surface area contributed by atoms with E-state index in [1.54, 1.807) is 18.2 Å². The lowest BCUT2D eigenvalue weighted by molar-refractivity contribution is 1.22. The number of hydrogen-bond donors (Lipinski definition) is 2. The van der Waals surface area contributed by atoms with Gasteiger partial charge in [-0.25, -0.2) is 4.79 Å². The first-order chi connectivity index (χ1) is 9.04. The SMILES string of the molecule is O=c1[nH]c2ccc(-c3c(Cl)cc(Cl)cc3Cl)cc2[nH]1. The summed E-state index contributed by atoms with van der Waals surface area (Å²) in [6.45, 7) is 0. The molecule has 1 aromatic heterocycles. The Balaban J connectivity index is 2.27. The maximum Gasteiger partial charge on any atom is 0.323 e. The van der Waals surface area contributed by atoms with Crippen LogP contribution in [-0.2, 0) is 0 Å². The highest BCUT2D eigenvalue weighted by Crippen LogP contribution is 2.37. The Labute approximate surface area is 123 Å². The molecule has 0 radical (unpaired) electrons. The number of halogens is 3. The van der Waals surface area contributed by atoms with Crippen molar-refractivity contribution >= 4 is 45.8 Å². The van der Waals surface area contributed by atoms with E-state index in [1.165, 1.54) is 0 Å². The van der Waals surface area contributed by atoms with E-state index in [-0.39, 0.29) is 5.69 Å². The number of rotatable bonds is 1. The number of H-pyrrole nitrogens is 2. The first-order valence-electron chi connectivity index (χ1n) is 5.41. The molecule has 2 N–H and O–H groups in total. The van der Waals surface area contributed by atoms with Crippen LogP contribution in [0.15, 0.2) is 35.1 Å². The molecule has 0 spiro atoms. The van der Waals surface area contributed by atoms with Gasteiger partial charge in [-0.15, -0.1) is 0 Å². The lowest BCUT2D eigenvalue weighted by Crippen LogP contribution is -1.99. The van der Waals surface area contributed by atoms with Crippen LogP contribution in [0.4, 0.5) is 0 Å². The lowest BCUT2D eigenvalue weighted by Gasteiger charge is -2.08. The zero-order valence-electron chi connectivity index (χ0n) is 9.43. The molecule has 3 nitrogen and oxygen atoms in total. The maximum absolute atomic E-state index is 11.2. The molecule has 0 unspecified atom stereocenters. The van der Waals surface area contributed by atoms with E-state index in [2.05, 4.69) is 9.97 Å². The van der Waals surface area contributed by atoms with E-state index in [4.69, 9.17) is 34.8 Å². The third kappa shape index (κ3) is 2.25. The van der Waals surface area contributed by atoms with Gasteiger partial charge in [0.05, 0.1) is 21.1 Å². The van der Waals surface area contributed by atoms with Crippen molar-refractivity contribution in [2.75, 3.05) is 0 Å². The highest BCUT2D eigenvalue weighted by molar-refractivity contribution is 6.41. The summed E-state index contributed by atoms with van der Waals surface area (Å²) in [6, 6.07) is 8.72. The molecule has 0 saturated heterocycles. The minimum Gasteiger partial charge on any atom is -0.306 e. The van der Waals surface area contributed by atoms with Gasteiger partial charge >= 0.3 is 5.69 Å². The molecular formula is C13H7Cl3N2O. The Morgan fingerprint density at radius 2 is 1.47 bits per heavy atom. The van der Waals surface area contributed by atoms with Crippen LogP contribution in [0.25, 0.3) is 22.2 Å². The predicted molar refractivity (Wildman–Crippen MR) is 79.4 cm³/mol. The van der Waals surface area contributed by atoms with Crippen LogP contribution in [0, 0.1) is 0 Å². The number of aromatic nitrogens is 2. The predicted octanol–water partition coefficient (Wildman–Crippen LogP) is 4.48. The minimum absolute atomic E-state index is 0.250. The number of aromatic amines is 2. The summed E-state index contributed by atoms with van der Waals surface area (Å²) >= 11 is 18.2. The highest BCUT2D eigenvalue weighted by atomic mass is 35.5. The van der Waals surface area contributed by atoms with Gasteiger partial charge in [-0.3, -0.25) is 0 Å². The van der Waals surface area contributed by atoms with Gasteiger partial charge in [0.2, 0.25) is 0 Å². The summed E-state index contributed by atoms with van der Waals surface area (Å²) in [5.41, 5.74) is 2.69. The van der Waals surface area contributed by atoms with Crippen LogP contribution < -0.4 is 5.69 Å². The summed E-state index contributed by atoms with van der Waals surface area (Å²) in [7, 11) is 0. The van der Waals surface area contributed by atoms with Crippen molar-refractivity contribution < 1.29 is 0 Å². The molecule has 0 saturated carbocycles. The smallest absolute Gasteiger partial charge is 0.306 e. The average Bonchev–Trinajstić information content (AvgIpc) is 2.67. The third-order valence-corrected chi connectivity index (χ3v) is 3.63. The molecule has 96 valence electrons. The number of fused-ring (bicyclic) bond motifs is 1. The monoisotopic (exact) mass is 312 g/mol. The Morgan fingerprint density at radius 3 is 2.16 bits per heavy atom. The quantitative estimate of drug-likeness (QED) is 0.683. The fourth-order valence-electron chi connectivity index (χ4n) is 2.01. The van der Waals surface area contributed by atoms with E-state index in [9.17, 15) is 4.79 Å². The van der Waals surface area contributed by atoms with E-state index in [0.29, 0.717) is 26.1 Å². The van der Waals surface area contributed by atoms with Crippen molar-refractivity contribution in [3.05, 3.63) is 55.9 Å².